The molecule has 2 aromatic carbocycles. The average Bonchev–Trinajstić information content (AvgIpc) is 2.56. The quantitative estimate of drug-likeness (QED) is 0.489. The van der Waals surface area contributed by atoms with Gasteiger partial charge < -0.3 is 20.1 Å². The van der Waals surface area contributed by atoms with E-state index in [4.69, 9.17) is 21.7 Å². The second-order valence-electron chi connectivity index (χ2n) is 4.52. The SMILES string of the molecule is COc1cc(NC(=S)Nc2c(F)c(F)cc(F)c2F)cc(OC)c1. The molecule has 0 saturated heterocycles. The predicted molar refractivity (Wildman–Crippen MR) is 85.7 cm³/mol. The first-order valence-electron chi connectivity index (χ1n) is 6.49. The van der Waals surface area contributed by atoms with E-state index in [1.54, 1.807) is 6.07 Å². The molecule has 2 rings (SSSR count). The Morgan fingerprint density at radius 2 is 1.33 bits per heavy atom. The van der Waals surface area contributed by atoms with Crippen LogP contribution in [0.4, 0.5) is 28.9 Å². The van der Waals surface area contributed by atoms with Crippen LogP contribution in [0.15, 0.2) is 24.3 Å². The Morgan fingerprint density at radius 1 is 0.833 bits per heavy atom. The van der Waals surface area contributed by atoms with Crippen molar-refractivity contribution in [1.29, 1.82) is 0 Å². The molecule has 0 aliphatic heterocycles. The number of ether oxygens (including phenoxy) is 2. The Morgan fingerprint density at radius 3 is 1.79 bits per heavy atom. The maximum atomic E-state index is 13.6. The lowest BCUT2D eigenvalue weighted by atomic mass is 10.2. The van der Waals surface area contributed by atoms with Gasteiger partial charge in [-0.1, -0.05) is 0 Å². The zero-order chi connectivity index (χ0) is 17.9. The molecule has 0 spiro atoms. The number of hydrogen-bond donors (Lipinski definition) is 2. The molecule has 9 heteroatoms. The van der Waals surface area contributed by atoms with Crippen LogP contribution in [0.1, 0.15) is 0 Å². The lowest BCUT2D eigenvalue weighted by molar-refractivity contribution is 0.395. The van der Waals surface area contributed by atoms with Gasteiger partial charge >= 0.3 is 0 Å². The Kier molecular flexibility index (Phi) is 5.45. The largest absolute Gasteiger partial charge is 0.497 e. The van der Waals surface area contributed by atoms with Crippen LogP contribution in [0.2, 0.25) is 0 Å². The zero-order valence-electron chi connectivity index (χ0n) is 12.5. The van der Waals surface area contributed by atoms with Crippen molar-refractivity contribution in [3.05, 3.63) is 47.5 Å². The van der Waals surface area contributed by atoms with E-state index in [-0.39, 0.29) is 11.2 Å². The van der Waals surface area contributed by atoms with E-state index in [9.17, 15) is 17.6 Å². The van der Waals surface area contributed by atoms with Crippen molar-refractivity contribution >= 4 is 28.7 Å². The van der Waals surface area contributed by atoms with Crippen molar-refractivity contribution in [3.63, 3.8) is 0 Å². The molecule has 0 saturated carbocycles. The third kappa shape index (κ3) is 3.85. The second kappa shape index (κ2) is 7.35. The van der Waals surface area contributed by atoms with Crippen LogP contribution in [0.25, 0.3) is 0 Å². The van der Waals surface area contributed by atoms with Crippen LogP contribution >= 0.6 is 12.2 Å². The molecule has 0 aromatic heterocycles. The van der Waals surface area contributed by atoms with Gasteiger partial charge in [-0.3, -0.25) is 0 Å². The first-order valence-corrected chi connectivity index (χ1v) is 6.90. The van der Waals surface area contributed by atoms with Gasteiger partial charge in [0.15, 0.2) is 28.4 Å². The minimum atomic E-state index is -1.58. The Hall–Kier alpha value is -2.55. The summed E-state index contributed by atoms with van der Waals surface area (Å²) in [6.07, 6.45) is 0. The third-order valence-corrected chi connectivity index (χ3v) is 3.16. The number of benzene rings is 2. The van der Waals surface area contributed by atoms with Crippen molar-refractivity contribution in [2.24, 2.45) is 0 Å². The molecule has 2 aromatic rings. The number of anilines is 2. The molecular weight excluding hydrogens is 348 g/mol. The summed E-state index contributed by atoms with van der Waals surface area (Å²) in [6.45, 7) is 0. The standard InChI is InChI=1S/C15H12F4N2O2S/c1-22-8-3-7(4-9(5-8)23-2)20-15(24)21-14-12(18)10(16)6-11(17)13(14)19/h3-6H,1-2H3,(H2,20,21,24). The fourth-order valence-corrected chi connectivity index (χ4v) is 2.06. The number of rotatable bonds is 4. The van der Waals surface area contributed by atoms with Crippen LogP contribution in [-0.2, 0) is 0 Å². The molecule has 0 bridgehead atoms. The first-order chi connectivity index (χ1) is 11.3. The lowest BCUT2D eigenvalue weighted by Gasteiger charge is -2.14. The molecule has 0 radical (unpaired) electrons. The van der Waals surface area contributed by atoms with Gasteiger partial charge in [0.25, 0.3) is 0 Å². The summed E-state index contributed by atoms with van der Waals surface area (Å²) in [4.78, 5) is 0. The summed E-state index contributed by atoms with van der Waals surface area (Å²) < 4.78 is 63.7. The van der Waals surface area contributed by atoms with Crippen molar-refractivity contribution in [2.45, 2.75) is 0 Å². The van der Waals surface area contributed by atoms with Gasteiger partial charge in [0, 0.05) is 30.0 Å². The fourth-order valence-electron chi connectivity index (χ4n) is 1.84. The number of methoxy groups -OCH3 is 2. The highest BCUT2D eigenvalue weighted by Gasteiger charge is 2.20. The van der Waals surface area contributed by atoms with E-state index in [0.717, 1.165) is 0 Å². The van der Waals surface area contributed by atoms with Gasteiger partial charge in [-0.05, 0) is 12.2 Å². The first kappa shape index (κ1) is 17.8. The van der Waals surface area contributed by atoms with Crippen LogP contribution in [0, 0.1) is 23.3 Å². The summed E-state index contributed by atoms with van der Waals surface area (Å²) in [5.74, 6) is -5.37. The lowest BCUT2D eigenvalue weighted by Crippen LogP contribution is -2.21. The Bertz CT molecular complexity index is 738. The zero-order valence-corrected chi connectivity index (χ0v) is 13.4. The maximum Gasteiger partial charge on any atom is 0.185 e. The molecular formula is C15H12F4N2O2S. The van der Waals surface area contributed by atoms with Gasteiger partial charge in [0.05, 0.1) is 14.2 Å². The molecule has 0 heterocycles. The topological polar surface area (TPSA) is 42.5 Å². The molecule has 0 aliphatic rings. The molecule has 0 amide bonds. The van der Waals surface area contributed by atoms with Crippen LogP contribution in [-0.4, -0.2) is 19.3 Å². The predicted octanol–water partition coefficient (Wildman–Crippen LogP) is 4.07. The minimum Gasteiger partial charge on any atom is -0.497 e. The summed E-state index contributed by atoms with van der Waals surface area (Å²) in [5, 5.41) is 4.42. The van der Waals surface area contributed by atoms with Crippen LogP contribution in [0.3, 0.4) is 0 Å². The average molecular weight is 360 g/mol. The van der Waals surface area contributed by atoms with E-state index < -0.39 is 29.0 Å². The van der Waals surface area contributed by atoms with E-state index >= 15 is 0 Å². The van der Waals surface area contributed by atoms with Crippen LogP contribution in [0.5, 0.6) is 11.5 Å². The number of nitrogens with one attached hydrogen (secondary N) is 2. The third-order valence-electron chi connectivity index (χ3n) is 2.96. The molecule has 2 N–H and O–H groups in total. The molecule has 24 heavy (non-hydrogen) atoms. The monoisotopic (exact) mass is 360 g/mol. The molecule has 0 aliphatic carbocycles. The number of halogens is 4. The minimum absolute atomic E-state index is 0.110. The van der Waals surface area contributed by atoms with Crippen molar-refractivity contribution < 1.29 is 27.0 Å². The van der Waals surface area contributed by atoms with E-state index in [1.165, 1.54) is 26.4 Å². The normalized spacial score (nSPS) is 10.2. The van der Waals surface area contributed by atoms with Crippen molar-refractivity contribution in [3.8, 4) is 11.5 Å². The molecule has 128 valence electrons. The Balaban J connectivity index is 2.23. The summed E-state index contributed by atoms with van der Waals surface area (Å²) in [7, 11) is 2.88. The highest BCUT2D eigenvalue weighted by molar-refractivity contribution is 7.80. The number of thiocarbonyl (C=S) groups is 1. The van der Waals surface area contributed by atoms with Crippen molar-refractivity contribution in [1.82, 2.24) is 0 Å². The van der Waals surface area contributed by atoms with E-state index in [0.29, 0.717) is 17.2 Å². The van der Waals surface area contributed by atoms with Crippen molar-refractivity contribution in [2.75, 3.05) is 24.9 Å². The molecule has 0 fully saturated rings. The highest BCUT2D eigenvalue weighted by atomic mass is 32.1. The van der Waals surface area contributed by atoms with Gasteiger partial charge in [0.1, 0.15) is 17.2 Å². The smallest absolute Gasteiger partial charge is 0.185 e. The van der Waals surface area contributed by atoms with Gasteiger partial charge in [-0.25, -0.2) is 17.6 Å². The maximum absolute atomic E-state index is 13.6. The van der Waals surface area contributed by atoms with E-state index in [1.807, 2.05) is 0 Å². The summed E-state index contributed by atoms with van der Waals surface area (Å²) in [6, 6.07) is 4.78. The Labute approximate surface area is 140 Å². The molecule has 4 nitrogen and oxygen atoms in total. The van der Waals surface area contributed by atoms with Crippen LogP contribution < -0.4 is 20.1 Å². The highest BCUT2D eigenvalue weighted by Crippen LogP contribution is 2.27. The fraction of sp³-hybridized carbons (Fsp3) is 0.133. The number of hydrogen-bond acceptors (Lipinski definition) is 3. The van der Waals surface area contributed by atoms with Gasteiger partial charge in [0.2, 0.25) is 0 Å². The van der Waals surface area contributed by atoms with Gasteiger partial charge in [-0.15, -0.1) is 0 Å². The second-order valence-corrected chi connectivity index (χ2v) is 4.93. The summed E-state index contributed by atoms with van der Waals surface area (Å²) >= 11 is 4.90. The van der Waals surface area contributed by atoms with E-state index in [2.05, 4.69) is 10.6 Å². The molecule has 0 atom stereocenters. The van der Waals surface area contributed by atoms with Gasteiger partial charge in [-0.2, -0.15) is 0 Å². The summed E-state index contributed by atoms with van der Waals surface area (Å²) in [5.41, 5.74) is -0.652. The molecule has 0 unspecified atom stereocenters.